The van der Waals surface area contributed by atoms with E-state index in [1.807, 2.05) is 6.07 Å². The highest BCUT2D eigenvalue weighted by Gasteiger charge is 2.14. The molecule has 0 aliphatic rings. The van der Waals surface area contributed by atoms with Crippen LogP contribution in [0.15, 0.2) is 12.1 Å². The predicted octanol–water partition coefficient (Wildman–Crippen LogP) is 2.49. The van der Waals surface area contributed by atoms with E-state index in [1.165, 1.54) is 5.56 Å². The molecule has 0 amide bonds. The molecule has 0 spiro atoms. The Morgan fingerprint density at radius 3 is 2.36 bits per heavy atom. The number of nitrogens with zero attached hydrogens (tertiary/aromatic N) is 1. The summed E-state index contributed by atoms with van der Waals surface area (Å²) in [7, 11) is 0. The van der Waals surface area contributed by atoms with Crippen LogP contribution < -0.4 is 0 Å². The van der Waals surface area contributed by atoms with E-state index in [-0.39, 0.29) is 5.41 Å². The van der Waals surface area contributed by atoms with Gasteiger partial charge in [0.25, 0.3) is 0 Å². The normalized spacial score (nSPS) is 11.6. The molecule has 0 aromatic carbocycles. The monoisotopic (exact) mass is 148 g/mol. The van der Waals surface area contributed by atoms with Crippen molar-refractivity contribution in [1.29, 1.82) is 0 Å². The average Bonchev–Trinajstić information content (AvgIpc) is 1.86. The third-order valence-corrected chi connectivity index (χ3v) is 1.61. The van der Waals surface area contributed by atoms with Crippen LogP contribution in [-0.2, 0) is 5.41 Å². The molecule has 1 heteroatoms. The van der Waals surface area contributed by atoms with Crippen molar-refractivity contribution in [2.75, 3.05) is 0 Å². The molecule has 0 atom stereocenters. The largest absolute Gasteiger partial charge is 0.251 e. The van der Waals surface area contributed by atoms with E-state index < -0.39 is 0 Å². The molecular weight excluding hydrogens is 134 g/mol. The van der Waals surface area contributed by atoms with Crippen LogP contribution >= 0.6 is 0 Å². The van der Waals surface area contributed by atoms with Gasteiger partial charge in [0.2, 0.25) is 0 Å². The molecule has 11 heavy (non-hydrogen) atoms. The van der Waals surface area contributed by atoms with Crippen LogP contribution in [0.25, 0.3) is 0 Å². The molecule has 0 fully saturated rings. The third kappa shape index (κ3) is 2.04. The lowest BCUT2D eigenvalue weighted by molar-refractivity contribution is 0.568. The summed E-state index contributed by atoms with van der Waals surface area (Å²) < 4.78 is 0. The lowest BCUT2D eigenvalue weighted by Crippen LogP contribution is -2.13. The van der Waals surface area contributed by atoms with Gasteiger partial charge in [-0.25, -0.2) is 0 Å². The molecule has 1 aromatic rings. The van der Waals surface area contributed by atoms with Gasteiger partial charge in [-0.2, -0.15) is 0 Å². The molecule has 1 heterocycles. The van der Waals surface area contributed by atoms with Gasteiger partial charge < -0.3 is 0 Å². The Hall–Kier alpha value is -0.850. The maximum atomic E-state index is 4.19. The number of rotatable bonds is 0. The van der Waals surface area contributed by atoms with Crippen LogP contribution in [0.3, 0.4) is 0 Å². The zero-order chi connectivity index (χ0) is 8.48. The van der Waals surface area contributed by atoms with Crippen LogP contribution in [0.1, 0.15) is 32.0 Å². The maximum Gasteiger partial charge on any atom is 0.0892 e. The summed E-state index contributed by atoms with van der Waals surface area (Å²) in [6.45, 7) is 8.53. The number of pyridine rings is 1. The Kier molecular flexibility index (Phi) is 1.99. The molecule has 1 radical (unpaired) electrons. The topological polar surface area (TPSA) is 12.9 Å². The van der Waals surface area contributed by atoms with Crippen LogP contribution in [0.5, 0.6) is 0 Å². The number of hydrogen-bond donors (Lipinski definition) is 0. The van der Waals surface area contributed by atoms with E-state index >= 15 is 0 Å². The second kappa shape index (κ2) is 2.65. The standard InChI is InChI=1S/C10H14N/c1-8-5-6-11-9(7-8)10(2,3)4/h5,7H,1-4H3. The van der Waals surface area contributed by atoms with Crippen molar-refractivity contribution in [1.82, 2.24) is 4.98 Å². The van der Waals surface area contributed by atoms with Crippen molar-refractivity contribution in [2.24, 2.45) is 0 Å². The molecular formula is C10H14N. The maximum absolute atomic E-state index is 4.19. The van der Waals surface area contributed by atoms with Gasteiger partial charge in [-0.05, 0) is 24.6 Å². The van der Waals surface area contributed by atoms with Crippen molar-refractivity contribution >= 4 is 0 Å². The predicted molar refractivity (Wildman–Crippen MR) is 46.5 cm³/mol. The highest BCUT2D eigenvalue weighted by atomic mass is 14.7. The van der Waals surface area contributed by atoms with Crippen LogP contribution in [0, 0.1) is 13.1 Å². The number of aryl methyl sites for hydroxylation is 1. The van der Waals surface area contributed by atoms with E-state index in [1.54, 1.807) is 0 Å². The zero-order valence-corrected chi connectivity index (χ0v) is 7.60. The van der Waals surface area contributed by atoms with Crippen molar-refractivity contribution < 1.29 is 0 Å². The van der Waals surface area contributed by atoms with E-state index in [4.69, 9.17) is 0 Å². The van der Waals surface area contributed by atoms with Crippen molar-refractivity contribution in [2.45, 2.75) is 33.1 Å². The van der Waals surface area contributed by atoms with Gasteiger partial charge >= 0.3 is 0 Å². The Labute approximate surface area is 68.5 Å². The van der Waals surface area contributed by atoms with Crippen LogP contribution in [-0.4, -0.2) is 4.98 Å². The van der Waals surface area contributed by atoms with Gasteiger partial charge in [0.05, 0.1) is 6.20 Å². The summed E-state index contributed by atoms with van der Waals surface area (Å²) in [5, 5.41) is 0. The fraction of sp³-hybridized carbons (Fsp3) is 0.500. The van der Waals surface area contributed by atoms with Crippen LogP contribution in [0.2, 0.25) is 0 Å². The Morgan fingerprint density at radius 1 is 1.36 bits per heavy atom. The van der Waals surface area contributed by atoms with Gasteiger partial charge in [0, 0.05) is 11.1 Å². The minimum absolute atomic E-state index is 0.141. The lowest BCUT2D eigenvalue weighted by atomic mass is 9.91. The van der Waals surface area contributed by atoms with Gasteiger partial charge in [0.15, 0.2) is 0 Å². The lowest BCUT2D eigenvalue weighted by Gasteiger charge is -2.17. The molecule has 0 aliphatic heterocycles. The highest BCUT2D eigenvalue weighted by molar-refractivity contribution is 5.19. The molecule has 0 saturated heterocycles. The minimum Gasteiger partial charge on any atom is -0.251 e. The van der Waals surface area contributed by atoms with Gasteiger partial charge in [-0.1, -0.05) is 20.8 Å². The molecule has 0 bridgehead atoms. The van der Waals surface area contributed by atoms with Gasteiger partial charge in [-0.15, -0.1) is 0 Å². The molecule has 1 nitrogen and oxygen atoms in total. The first-order valence-electron chi connectivity index (χ1n) is 3.85. The molecule has 0 aliphatic carbocycles. The van der Waals surface area contributed by atoms with Gasteiger partial charge in [-0.3, -0.25) is 4.98 Å². The molecule has 0 N–H and O–H groups in total. The smallest absolute Gasteiger partial charge is 0.0892 e. The summed E-state index contributed by atoms with van der Waals surface area (Å²) in [5.74, 6) is 0. The number of aromatic nitrogens is 1. The Morgan fingerprint density at radius 2 is 2.00 bits per heavy atom. The molecule has 1 rings (SSSR count). The second-order valence-corrected chi connectivity index (χ2v) is 3.91. The summed E-state index contributed by atoms with van der Waals surface area (Å²) in [4.78, 5) is 4.19. The molecule has 0 unspecified atom stereocenters. The first-order chi connectivity index (χ1) is 5.00. The average molecular weight is 148 g/mol. The molecule has 59 valence electrons. The Balaban J connectivity index is 3.06. The van der Waals surface area contributed by atoms with E-state index in [0.717, 1.165) is 5.69 Å². The zero-order valence-electron chi connectivity index (χ0n) is 7.60. The van der Waals surface area contributed by atoms with E-state index in [2.05, 4.69) is 44.9 Å². The van der Waals surface area contributed by atoms with Crippen molar-refractivity contribution in [3.63, 3.8) is 0 Å². The summed E-state index contributed by atoms with van der Waals surface area (Å²) in [5.41, 5.74) is 2.48. The van der Waals surface area contributed by atoms with Crippen LogP contribution in [0.4, 0.5) is 0 Å². The quantitative estimate of drug-likeness (QED) is 0.551. The van der Waals surface area contributed by atoms with E-state index in [0.29, 0.717) is 0 Å². The fourth-order valence-electron chi connectivity index (χ4n) is 0.877. The minimum atomic E-state index is 0.141. The molecule has 1 aromatic heterocycles. The fourth-order valence-corrected chi connectivity index (χ4v) is 0.877. The summed E-state index contributed by atoms with van der Waals surface area (Å²) in [6, 6.07) is 4.01. The third-order valence-electron chi connectivity index (χ3n) is 1.61. The second-order valence-electron chi connectivity index (χ2n) is 3.91. The number of hydrogen-bond acceptors (Lipinski definition) is 1. The van der Waals surface area contributed by atoms with E-state index in [9.17, 15) is 0 Å². The SMILES string of the molecule is Cc1c[c]nc(C(C)(C)C)c1. The van der Waals surface area contributed by atoms with Crippen molar-refractivity contribution in [3.05, 3.63) is 29.6 Å². The van der Waals surface area contributed by atoms with Crippen molar-refractivity contribution in [3.8, 4) is 0 Å². The molecule has 0 saturated carbocycles. The Bertz CT molecular complexity index is 245. The summed E-state index contributed by atoms with van der Waals surface area (Å²) >= 11 is 0. The first-order valence-corrected chi connectivity index (χ1v) is 3.85. The highest BCUT2D eigenvalue weighted by Crippen LogP contribution is 2.19. The van der Waals surface area contributed by atoms with Gasteiger partial charge in [0.1, 0.15) is 0 Å². The first kappa shape index (κ1) is 8.25. The summed E-state index contributed by atoms with van der Waals surface area (Å²) in [6.07, 6.45) is 2.89.